The van der Waals surface area contributed by atoms with E-state index in [-0.39, 0.29) is 0 Å². The third kappa shape index (κ3) is 1.35. The van der Waals surface area contributed by atoms with Gasteiger partial charge in [0.2, 0.25) is 0 Å². The number of rotatable bonds is 1. The number of hydrogen-bond donors (Lipinski definition) is 0. The predicted octanol–water partition coefficient (Wildman–Crippen LogP) is 4.58. The number of alkyl halides is 1. The van der Waals surface area contributed by atoms with Gasteiger partial charge in [0.25, 0.3) is 0 Å². The molecule has 1 aliphatic rings. The van der Waals surface area contributed by atoms with Crippen LogP contribution in [0.2, 0.25) is 0 Å². The van der Waals surface area contributed by atoms with Crippen molar-refractivity contribution in [3.05, 3.63) is 59.7 Å². The molecule has 0 amide bonds. The Morgan fingerprint density at radius 2 is 1.31 bits per heavy atom. The molecule has 0 fully saturated rings. The Bertz CT molecular complexity index is 483. The van der Waals surface area contributed by atoms with Crippen LogP contribution in [0, 0.1) is 0 Å². The molecule has 0 nitrogen and oxygen atoms in total. The SMILES string of the molecule is C[C@@H](Br)C1c2ccccc2-c2ccccc21. The lowest BCUT2D eigenvalue weighted by molar-refractivity contribution is 0.829. The first kappa shape index (κ1) is 10.1. The zero-order valence-electron chi connectivity index (χ0n) is 9.15. The number of hydrogen-bond acceptors (Lipinski definition) is 0. The maximum Gasteiger partial charge on any atom is 0.0227 e. The molecule has 0 unspecified atom stereocenters. The summed E-state index contributed by atoms with van der Waals surface area (Å²) in [6, 6.07) is 17.5. The summed E-state index contributed by atoms with van der Waals surface area (Å²) in [5, 5.41) is 0. The molecule has 0 radical (unpaired) electrons. The largest absolute Gasteiger partial charge is 0.0883 e. The topological polar surface area (TPSA) is 0 Å². The van der Waals surface area contributed by atoms with Crippen LogP contribution < -0.4 is 0 Å². The predicted molar refractivity (Wildman–Crippen MR) is 72.1 cm³/mol. The van der Waals surface area contributed by atoms with Crippen molar-refractivity contribution in [1.29, 1.82) is 0 Å². The molecular formula is C15H13Br. The zero-order chi connectivity index (χ0) is 11.1. The molecular weight excluding hydrogens is 260 g/mol. The first-order valence-corrected chi connectivity index (χ1v) is 6.53. The first-order valence-electron chi connectivity index (χ1n) is 5.61. The normalized spacial score (nSPS) is 15.6. The molecule has 16 heavy (non-hydrogen) atoms. The van der Waals surface area contributed by atoms with E-state index in [0.29, 0.717) is 10.7 Å². The summed E-state index contributed by atoms with van der Waals surface area (Å²) in [4.78, 5) is 0.470. The molecule has 0 N–H and O–H groups in total. The monoisotopic (exact) mass is 272 g/mol. The van der Waals surface area contributed by atoms with Crippen LogP contribution in [0.1, 0.15) is 24.0 Å². The number of fused-ring (bicyclic) bond motifs is 3. The quantitative estimate of drug-likeness (QED) is 0.667. The zero-order valence-corrected chi connectivity index (χ0v) is 10.7. The van der Waals surface area contributed by atoms with Crippen molar-refractivity contribution in [3.63, 3.8) is 0 Å². The molecule has 0 aliphatic heterocycles. The van der Waals surface area contributed by atoms with E-state index in [0.717, 1.165) is 0 Å². The Labute approximate surface area is 104 Å². The fourth-order valence-electron chi connectivity index (χ4n) is 2.69. The molecule has 0 aromatic heterocycles. The van der Waals surface area contributed by atoms with Gasteiger partial charge in [0, 0.05) is 10.7 Å². The standard InChI is InChI=1S/C15H13Br/c1-10(16)15-13-8-4-2-6-11(13)12-7-3-5-9-14(12)15/h2-10,15H,1H3/t10-/m1/s1. The molecule has 0 bridgehead atoms. The van der Waals surface area contributed by atoms with Gasteiger partial charge in [-0.15, -0.1) is 0 Å². The second-order valence-electron chi connectivity index (χ2n) is 4.33. The van der Waals surface area contributed by atoms with Crippen molar-refractivity contribution in [2.24, 2.45) is 0 Å². The van der Waals surface area contributed by atoms with Gasteiger partial charge < -0.3 is 0 Å². The highest BCUT2D eigenvalue weighted by Gasteiger charge is 2.30. The van der Waals surface area contributed by atoms with Crippen LogP contribution in [0.25, 0.3) is 11.1 Å². The number of benzene rings is 2. The van der Waals surface area contributed by atoms with Gasteiger partial charge in [0.05, 0.1) is 0 Å². The summed E-state index contributed by atoms with van der Waals surface area (Å²) in [7, 11) is 0. The molecule has 2 aromatic carbocycles. The molecule has 3 rings (SSSR count). The van der Waals surface area contributed by atoms with E-state index in [4.69, 9.17) is 0 Å². The average molecular weight is 273 g/mol. The summed E-state index contributed by atoms with van der Waals surface area (Å²) in [6.07, 6.45) is 0. The number of halogens is 1. The Kier molecular flexibility index (Phi) is 2.36. The van der Waals surface area contributed by atoms with Crippen molar-refractivity contribution in [2.75, 3.05) is 0 Å². The van der Waals surface area contributed by atoms with Crippen molar-refractivity contribution in [3.8, 4) is 11.1 Å². The van der Waals surface area contributed by atoms with Gasteiger partial charge in [-0.3, -0.25) is 0 Å². The highest BCUT2D eigenvalue weighted by atomic mass is 79.9. The minimum absolute atomic E-state index is 0.470. The molecule has 0 saturated carbocycles. The van der Waals surface area contributed by atoms with Gasteiger partial charge in [-0.2, -0.15) is 0 Å². The van der Waals surface area contributed by atoms with Gasteiger partial charge in [-0.25, -0.2) is 0 Å². The fourth-order valence-corrected chi connectivity index (χ4v) is 3.26. The fraction of sp³-hybridized carbons (Fsp3) is 0.200. The van der Waals surface area contributed by atoms with E-state index >= 15 is 0 Å². The first-order chi connectivity index (χ1) is 7.79. The lowest BCUT2D eigenvalue weighted by Gasteiger charge is -2.15. The maximum absolute atomic E-state index is 3.74. The summed E-state index contributed by atoms with van der Waals surface area (Å²) in [5.74, 6) is 0.493. The molecule has 0 spiro atoms. The molecule has 1 heteroatoms. The maximum atomic E-state index is 3.74. The molecule has 0 heterocycles. The van der Waals surface area contributed by atoms with Gasteiger partial charge in [-0.1, -0.05) is 71.4 Å². The van der Waals surface area contributed by atoms with Crippen molar-refractivity contribution < 1.29 is 0 Å². The second kappa shape index (κ2) is 3.74. The Balaban J connectivity index is 2.30. The van der Waals surface area contributed by atoms with Crippen LogP contribution in [-0.2, 0) is 0 Å². The minimum atomic E-state index is 0.470. The van der Waals surface area contributed by atoms with E-state index in [9.17, 15) is 0 Å². The summed E-state index contributed by atoms with van der Waals surface area (Å²) >= 11 is 3.74. The van der Waals surface area contributed by atoms with Crippen LogP contribution in [0.4, 0.5) is 0 Å². The Hall–Kier alpha value is -1.08. The van der Waals surface area contributed by atoms with Crippen LogP contribution in [0.15, 0.2) is 48.5 Å². The van der Waals surface area contributed by atoms with Gasteiger partial charge in [-0.05, 0) is 22.3 Å². The van der Waals surface area contributed by atoms with E-state index in [1.54, 1.807) is 0 Å². The smallest absolute Gasteiger partial charge is 0.0227 e. The molecule has 2 aromatic rings. The van der Waals surface area contributed by atoms with E-state index in [2.05, 4.69) is 71.4 Å². The highest BCUT2D eigenvalue weighted by molar-refractivity contribution is 9.09. The summed E-state index contributed by atoms with van der Waals surface area (Å²) in [5.41, 5.74) is 5.70. The van der Waals surface area contributed by atoms with E-state index in [1.807, 2.05) is 0 Å². The lowest BCUT2D eigenvalue weighted by atomic mass is 9.94. The molecule has 0 saturated heterocycles. The van der Waals surface area contributed by atoms with Gasteiger partial charge in [0.15, 0.2) is 0 Å². The Morgan fingerprint density at radius 1 is 0.875 bits per heavy atom. The molecule has 1 aliphatic carbocycles. The van der Waals surface area contributed by atoms with E-state index < -0.39 is 0 Å². The van der Waals surface area contributed by atoms with Gasteiger partial charge in [0.1, 0.15) is 0 Å². The highest BCUT2D eigenvalue weighted by Crippen LogP contribution is 2.47. The molecule has 80 valence electrons. The van der Waals surface area contributed by atoms with Crippen LogP contribution in [-0.4, -0.2) is 4.83 Å². The van der Waals surface area contributed by atoms with E-state index in [1.165, 1.54) is 22.3 Å². The third-order valence-corrected chi connectivity index (χ3v) is 3.87. The van der Waals surface area contributed by atoms with Crippen molar-refractivity contribution in [2.45, 2.75) is 17.7 Å². The third-order valence-electron chi connectivity index (χ3n) is 3.34. The van der Waals surface area contributed by atoms with Crippen molar-refractivity contribution >= 4 is 15.9 Å². The van der Waals surface area contributed by atoms with Crippen molar-refractivity contribution in [1.82, 2.24) is 0 Å². The Morgan fingerprint density at radius 3 is 1.75 bits per heavy atom. The average Bonchev–Trinajstić information content (AvgIpc) is 2.63. The second-order valence-corrected chi connectivity index (χ2v) is 5.77. The van der Waals surface area contributed by atoms with Crippen LogP contribution in [0.3, 0.4) is 0 Å². The van der Waals surface area contributed by atoms with Crippen LogP contribution in [0.5, 0.6) is 0 Å². The lowest BCUT2D eigenvalue weighted by Crippen LogP contribution is -2.06. The van der Waals surface area contributed by atoms with Gasteiger partial charge >= 0.3 is 0 Å². The van der Waals surface area contributed by atoms with Crippen LogP contribution >= 0.6 is 15.9 Å². The summed E-state index contributed by atoms with van der Waals surface area (Å²) in [6.45, 7) is 2.23. The minimum Gasteiger partial charge on any atom is -0.0883 e. The summed E-state index contributed by atoms with van der Waals surface area (Å²) < 4.78 is 0. The molecule has 1 atom stereocenters.